The summed E-state index contributed by atoms with van der Waals surface area (Å²) in [6.45, 7) is 5.09. The normalized spacial score (nSPS) is 29.4. The minimum atomic E-state index is 0.337. The predicted octanol–water partition coefficient (Wildman–Crippen LogP) is 1.73. The topological polar surface area (TPSA) is 23.6 Å². The molecule has 1 amide bonds. The molecule has 0 bridgehead atoms. The van der Waals surface area contributed by atoms with E-state index in [0.717, 1.165) is 32.5 Å². The van der Waals surface area contributed by atoms with Crippen molar-refractivity contribution in [2.24, 2.45) is 5.92 Å². The highest BCUT2D eigenvalue weighted by atomic mass is 16.2. The molecule has 0 N–H and O–H groups in total. The van der Waals surface area contributed by atoms with Crippen LogP contribution in [0.3, 0.4) is 0 Å². The summed E-state index contributed by atoms with van der Waals surface area (Å²) < 4.78 is 0. The van der Waals surface area contributed by atoms with Crippen molar-refractivity contribution in [2.45, 2.75) is 45.1 Å². The number of amides is 1. The van der Waals surface area contributed by atoms with E-state index in [1.807, 2.05) is 0 Å². The fourth-order valence-corrected chi connectivity index (χ4v) is 2.86. The smallest absolute Gasteiger partial charge is 0.225 e. The van der Waals surface area contributed by atoms with Gasteiger partial charge in [0.05, 0.1) is 0 Å². The van der Waals surface area contributed by atoms with Crippen molar-refractivity contribution >= 4 is 5.91 Å². The number of hydrogen-bond acceptors (Lipinski definition) is 2. The van der Waals surface area contributed by atoms with Gasteiger partial charge in [0.1, 0.15) is 0 Å². The van der Waals surface area contributed by atoms with Gasteiger partial charge in [0.2, 0.25) is 5.91 Å². The summed E-state index contributed by atoms with van der Waals surface area (Å²) in [5.41, 5.74) is 0. The van der Waals surface area contributed by atoms with Crippen molar-refractivity contribution in [2.75, 3.05) is 26.7 Å². The van der Waals surface area contributed by atoms with Gasteiger partial charge in [0, 0.05) is 31.6 Å². The van der Waals surface area contributed by atoms with Crippen LogP contribution in [0.1, 0.15) is 39.0 Å². The number of carbonyl (C=O) groups is 1. The van der Waals surface area contributed by atoms with Crippen molar-refractivity contribution < 1.29 is 4.79 Å². The molecule has 0 aromatic rings. The molecule has 1 aliphatic carbocycles. The van der Waals surface area contributed by atoms with Gasteiger partial charge in [-0.2, -0.15) is 0 Å². The van der Waals surface area contributed by atoms with Crippen molar-refractivity contribution in [1.29, 1.82) is 0 Å². The van der Waals surface area contributed by atoms with Gasteiger partial charge in [-0.3, -0.25) is 4.79 Å². The molecule has 1 saturated carbocycles. The van der Waals surface area contributed by atoms with Gasteiger partial charge in [-0.15, -0.1) is 0 Å². The lowest BCUT2D eigenvalue weighted by atomic mass is 9.88. The second-order valence-corrected chi connectivity index (χ2v) is 5.45. The van der Waals surface area contributed by atoms with E-state index in [1.54, 1.807) is 0 Å². The Hall–Kier alpha value is -0.570. The molecule has 0 radical (unpaired) electrons. The second kappa shape index (κ2) is 5.17. The van der Waals surface area contributed by atoms with E-state index in [1.165, 1.54) is 19.3 Å². The maximum Gasteiger partial charge on any atom is 0.225 e. The van der Waals surface area contributed by atoms with Gasteiger partial charge in [-0.05, 0) is 26.8 Å². The Bertz CT molecular complexity index is 248. The first-order valence-electron chi connectivity index (χ1n) is 6.67. The second-order valence-electron chi connectivity index (χ2n) is 5.45. The van der Waals surface area contributed by atoms with Crippen LogP contribution >= 0.6 is 0 Å². The molecule has 3 heteroatoms. The van der Waals surface area contributed by atoms with Gasteiger partial charge in [0.25, 0.3) is 0 Å². The Morgan fingerprint density at radius 1 is 1.12 bits per heavy atom. The lowest BCUT2D eigenvalue weighted by molar-refractivity contribution is -0.139. The summed E-state index contributed by atoms with van der Waals surface area (Å²) >= 11 is 0. The average Bonchev–Trinajstić information content (AvgIpc) is 2.33. The van der Waals surface area contributed by atoms with Gasteiger partial charge in [-0.1, -0.05) is 19.3 Å². The molecule has 3 nitrogen and oxygen atoms in total. The van der Waals surface area contributed by atoms with Crippen LogP contribution in [0, 0.1) is 5.92 Å². The van der Waals surface area contributed by atoms with Crippen molar-refractivity contribution in [3.05, 3.63) is 0 Å². The molecule has 1 heterocycles. The van der Waals surface area contributed by atoms with Crippen LogP contribution < -0.4 is 0 Å². The Balaban J connectivity index is 1.89. The summed E-state index contributed by atoms with van der Waals surface area (Å²) in [4.78, 5) is 16.7. The van der Waals surface area contributed by atoms with Crippen molar-refractivity contribution in [1.82, 2.24) is 9.80 Å². The molecule has 2 aliphatic rings. The maximum atomic E-state index is 12.3. The standard InChI is InChI=1S/C13H24N2O/c1-11-10-15(9-8-14(11)2)13(16)12-6-4-3-5-7-12/h11-12H,3-10H2,1-2H3. The lowest BCUT2D eigenvalue weighted by Gasteiger charge is -2.39. The number of likely N-dealkylation sites (N-methyl/N-ethyl adjacent to an activating group) is 1. The highest BCUT2D eigenvalue weighted by Gasteiger charge is 2.29. The number of hydrogen-bond donors (Lipinski definition) is 0. The number of nitrogens with zero attached hydrogens (tertiary/aromatic N) is 2. The first-order valence-corrected chi connectivity index (χ1v) is 6.67. The zero-order valence-corrected chi connectivity index (χ0v) is 10.6. The quantitative estimate of drug-likeness (QED) is 0.677. The molecule has 1 aliphatic heterocycles. The van der Waals surface area contributed by atoms with E-state index in [0.29, 0.717) is 17.9 Å². The van der Waals surface area contributed by atoms with Gasteiger partial charge in [0.15, 0.2) is 0 Å². The number of piperazine rings is 1. The zero-order chi connectivity index (χ0) is 11.5. The molecule has 2 fully saturated rings. The first kappa shape index (κ1) is 11.9. The summed E-state index contributed by atoms with van der Waals surface area (Å²) in [6.07, 6.45) is 6.07. The Morgan fingerprint density at radius 2 is 1.81 bits per heavy atom. The van der Waals surface area contributed by atoms with Crippen molar-refractivity contribution in [3.8, 4) is 0 Å². The van der Waals surface area contributed by atoms with Crippen LogP contribution in [0.25, 0.3) is 0 Å². The van der Waals surface area contributed by atoms with Gasteiger partial charge < -0.3 is 9.80 Å². The molecular formula is C13H24N2O. The molecule has 1 atom stereocenters. The first-order chi connectivity index (χ1) is 7.68. The van der Waals surface area contributed by atoms with E-state index < -0.39 is 0 Å². The zero-order valence-electron chi connectivity index (χ0n) is 10.6. The van der Waals surface area contributed by atoms with Crippen molar-refractivity contribution in [3.63, 3.8) is 0 Å². The van der Waals surface area contributed by atoms with Gasteiger partial charge >= 0.3 is 0 Å². The third kappa shape index (κ3) is 2.57. The molecule has 16 heavy (non-hydrogen) atoms. The summed E-state index contributed by atoms with van der Waals surface area (Å²) in [5.74, 6) is 0.768. The highest BCUT2D eigenvalue weighted by Crippen LogP contribution is 2.26. The van der Waals surface area contributed by atoms with Crippen LogP contribution in [0.15, 0.2) is 0 Å². The van der Waals surface area contributed by atoms with Crippen LogP contribution in [0.5, 0.6) is 0 Å². The van der Waals surface area contributed by atoms with E-state index in [4.69, 9.17) is 0 Å². The number of rotatable bonds is 1. The van der Waals surface area contributed by atoms with E-state index in [-0.39, 0.29) is 0 Å². The van der Waals surface area contributed by atoms with E-state index in [9.17, 15) is 4.79 Å². The third-order valence-corrected chi connectivity index (χ3v) is 4.23. The van der Waals surface area contributed by atoms with Crippen LogP contribution in [0.2, 0.25) is 0 Å². The molecule has 1 unspecified atom stereocenters. The SMILES string of the molecule is CC1CN(C(=O)C2CCCCC2)CCN1C. The predicted molar refractivity (Wildman–Crippen MR) is 65.2 cm³/mol. The van der Waals surface area contributed by atoms with Gasteiger partial charge in [-0.25, -0.2) is 0 Å². The largest absolute Gasteiger partial charge is 0.340 e. The fraction of sp³-hybridized carbons (Fsp3) is 0.923. The molecule has 2 rings (SSSR count). The minimum Gasteiger partial charge on any atom is -0.340 e. The van der Waals surface area contributed by atoms with E-state index in [2.05, 4.69) is 23.8 Å². The Labute approximate surface area is 98.8 Å². The molecule has 0 aromatic carbocycles. The number of carbonyl (C=O) groups excluding carboxylic acids is 1. The minimum absolute atomic E-state index is 0.337. The van der Waals surface area contributed by atoms with Crippen LogP contribution in [-0.2, 0) is 4.79 Å². The molecule has 0 spiro atoms. The molecular weight excluding hydrogens is 200 g/mol. The monoisotopic (exact) mass is 224 g/mol. The maximum absolute atomic E-state index is 12.3. The highest BCUT2D eigenvalue weighted by molar-refractivity contribution is 5.79. The molecule has 1 saturated heterocycles. The summed E-state index contributed by atoms with van der Waals surface area (Å²) in [7, 11) is 2.15. The third-order valence-electron chi connectivity index (χ3n) is 4.23. The Morgan fingerprint density at radius 3 is 2.44 bits per heavy atom. The van der Waals surface area contributed by atoms with Crippen LogP contribution in [0.4, 0.5) is 0 Å². The van der Waals surface area contributed by atoms with E-state index >= 15 is 0 Å². The van der Waals surface area contributed by atoms with Crippen LogP contribution in [-0.4, -0.2) is 48.4 Å². The average molecular weight is 224 g/mol. The lowest BCUT2D eigenvalue weighted by Crippen LogP contribution is -2.53. The Kier molecular flexibility index (Phi) is 3.85. The molecule has 92 valence electrons. The summed E-state index contributed by atoms with van der Waals surface area (Å²) in [6, 6.07) is 0.515. The fourth-order valence-electron chi connectivity index (χ4n) is 2.86. The molecule has 0 aromatic heterocycles. The summed E-state index contributed by atoms with van der Waals surface area (Å²) in [5, 5.41) is 0.